The number of rotatable bonds is 7. The van der Waals surface area contributed by atoms with Gasteiger partial charge in [-0.2, -0.15) is 0 Å². The zero-order valence-electron chi connectivity index (χ0n) is 16.9. The van der Waals surface area contributed by atoms with Crippen molar-refractivity contribution in [2.75, 3.05) is 12.5 Å². The lowest BCUT2D eigenvalue weighted by atomic mass is 10.1. The van der Waals surface area contributed by atoms with Gasteiger partial charge in [0.25, 0.3) is 5.56 Å². The molecule has 8 heteroatoms. The van der Waals surface area contributed by atoms with Gasteiger partial charge in [0.2, 0.25) is 12.7 Å². The summed E-state index contributed by atoms with van der Waals surface area (Å²) in [5, 5.41) is 4.14. The van der Waals surface area contributed by atoms with Crippen molar-refractivity contribution < 1.29 is 14.3 Å². The molecular weight excluding hydrogens is 402 g/mol. The summed E-state index contributed by atoms with van der Waals surface area (Å²) in [4.78, 5) is 30.0. The first-order valence-electron chi connectivity index (χ1n) is 9.88. The lowest BCUT2D eigenvalue weighted by molar-refractivity contribution is -0.119. The quantitative estimate of drug-likeness (QED) is 0.461. The summed E-state index contributed by atoms with van der Waals surface area (Å²) in [6.07, 6.45) is 0.806. The van der Waals surface area contributed by atoms with Crippen LogP contribution in [-0.4, -0.2) is 28.0 Å². The Morgan fingerprint density at radius 2 is 2.03 bits per heavy atom. The Hall–Kier alpha value is -3.00. The van der Waals surface area contributed by atoms with Gasteiger partial charge in [0, 0.05) is 6.54 Å². The highest BCUT2D eigenvalue weighted by atomic mass is 32.2. The molecule has 1 aliphatic heterocycles. The SMILES string of the molecule is CCCn1c(SCC(=O)NC(C)c2ccc3c(c2)OCO3)nc2ccccc2c1=O. The molecule has 4 rings (SSSR count). The van der Waals surface area contributed by atoms with Crippen molar-refractivity contribution in [2.24, 2.45) is 0 Å². The average Bonchev–Trinajstić information content (AvgIpc) is 3.22. The Bertz CT molecular complexity index is 1140. The van der Waals surface area contributed by atoms with Crippen molar-refractivity contribution >= 4 is 28.6 Å². The fourth-order valence-corrected chi connectivity index (χ4v) is 4.19. The maximum atomic E-state index is 12.8. The number of thioether (sulfide) groups is 1. The number of hydrogen-bond donors (Lipinski definition) is 1. The van der Waals surface area contributed by atoms with Gasteiger partial charge in [-0.15, -0.1) is 0 Å². The van der Waals surface area contributed by atoms with Crippen LogP contribution >= 0.6 is 11.8 Å². The van der Waals surface area contributed by atoms with Gasteiger partial charge in [0.15, 0.2) is 16.7 Å². The third-order valence-electron chi connectivity index (χ3n) is 4.88. The van der Waals surface area contributed by atoms with Gasteiger partial charge in [0.05, 0.1) is 22.7 Å². The average molecular weight is 426 g/mol. The lowest BCUT2D eigenvalue weighted by Crippen LogP contribution is -2.29. The monoisotopic (exact) mass is 425 g/mol. The van der Waals surface area contributed by atoms with Crippen LogP contribution in [0.4, 0.5) is 0 Å². The van der Waals surface area contributed by atoms with Crippen molar-refractivity contribution in [2.45, 2.75) is 38.0 Å². The summed E-state index contributed by atoms with van der Waals surface area (Å²) in [6.45, 7) is 4.71. The van der Waals surface area contributed by atoms with E-state index in [0.29, 0.717) is 34.1 Å². The molecule has 0 bridgehead atoms. The summed E-state index contributed by atoms with van der Waals surface area (Å²) < 4.78 is 12.4. The Labute approximate surface area is 178 Å². The topological polar surface area (TPSA) is 82.5 Å². The standard InChI is InChI=1S/C22H23N3O4S/c1-3-10-25-21(27)16-6-4-5-7-17(16)24-22(25)30-12-20(26)23-14(2)15-8-9-18-19(11-15)29-13-28-18/h4-9,11,14H,3,10,12-13H2,1-2H3,(H,23,26). The number of ether oxygens (including phenoxy) is 2. The summed E-state index contributed by atoms with van der Waals surface area (Å²) in [7, 11) is 0. The number of fused-ring (bicyclic) bond motifs is 2. The number of carbonyl (C=O) groups excluding carboxylic acids is 1. The van der Waals surface area contributed by atoms with E-state index in [9.17, 15) is 9.59 Å². The van der Waals surface area contributed by atoms with E-state index in [1.54, 1.807) is 10.6 Å². The second-order valence-electron chi connectivity index (χ2n) is 7.06. The minimum atomic E-state index is -0.185. The van der Waals surface area contributed by atoms with Crippen LogP contribution in [-0.2, 0) is 11.3 Å². The van der Waals surface area contributed by atoms with Crippen molar-refractivity contribution in [1.82, 2.24) is 14.9 Å². The molecule has 1 atom stereocenters. The highest BCUT2D eigenvalue weighted by Gasteiger charge is 2.18. The third kappa shape index (κ3) is 4.14. The predicted molar refractivity (Wildman–Crippen MR) is 116 cm³/mol. The molecule has 1 unspecified atom stereocenters. The van der Waals surface area contributed by atoms with Gasteiger partial charge in [-0.1, -0.05) is 36.9 Å². The van der Waals surface area contributed by atoms with Crippen molar-refractivity contribution in [3.05, 3.63) is 58.4 Å². The number of hydrogen-bond acceptors (Lipinski definition) is 6. The smallest absolute Gasteiger partial charge is 0.262 e. The number of nitrogens with one attached hydrogen (secondary N) is 1. The first kappa shape index (κ1) is 20.3. The van der Waals surface area contributed by atoms with Crippen LogP contribution in [0.15, 0.2) is 52.4 Å². The van der Waals surface area contributed by atoms with Gasteiger partial charge in [-0.25, -0.2) is 4.98 Å². The molecule has 30 heavy (non-hydrogen) atoms. The third-order valence-corrected chi connectivity index (χ3v) is 5.86. The highest BCUT2D eigenvalue weighted by molar-refractivity contribution is 7.99. The number of para-hydroxylation sites is 1. The molecule has 2 heterocycles. The number of amides is 1. The van der Waals surface area contributed by atoms with Gasteiger partial charge < -0.3 is 14.8 Å². The molecule has 0 saturated carbocycles. The molecule has 2 aromatic carbocycles. The van der Waals surface area contributed by atoms with E-state index in [1.807, 2.05) is 50.2 Å². The largest absolute Gasteiger partial charge is 0.454 e. The van der Waals surface area contributed by atoms with E-state index in [2.05, 4.69) is 10.3 Å². The van der Waals surface area contributed by atoms with E-state index in [1.165, 1.54) is 11.8 Å². The Morgan fingerprint density at radius 1 is 1.23 bits per heavy atom. The van der Waals surface area contributed by atoms with E-state index in [0.717, 1.165) is 12.0 Å². The Balaban J connectivity index is 1.46. The molecule has 3 aromatic rings. The molecule has 156 valence electrons. The van der Waals surface area contributed by atoms with E-state index in [4.69, 9.17) is 9.47 Å². The predicted octanol–water partition coefficient (Wildman–Crippen LogP) is 3.50. The van der Waals surface area contributed by atoms with Crippen molar-refractivity contribution in [3.8, 4) is 11.5 Å². The first-order chi connectivity index (χ1) is 14.6. The van der Waals surface area contributed by atoms with Gasteiger partial charge >= 0.3 is 0 Å². The van der Waals surface area contributed by atoms with E-state index < -0.39 is 0 Å². The molecule has 7 nitrogen and oxygen atoms in total. The van der Waals surface area contributed by atoms with Crippen LogP contribution < -0.4 is 20.3 Å². The van der Waals surface area contributed by atoms with E-state index in [-0.39, 0.29) is 30.1 Å². The second-order valence-corrected chi connectivity index (χ2v) is 8.00. The maximum Gasteiger partial charge on any atom is 0.262 e. The summed E-state index contributed by atoms with van der Waals surface area (Å²) in [6, 6.07) is 12.7. The van der Waals surface area contributed by atoms with Crippen LogP contribution in [0.1, 0.15) is 31.9 Å². The molecule has 0 radical (unpaired) electrons. The minimum absolute atomic E-state index is 0.0703. The number of benzene rings is 2. The number of nitrogens with zero attached hydrogens (tertiary/aromatic N) is 2. The van der Waals surface area contributed by atoms with Crippen LogP contribution in [0, 0.1) is 0 Å². The lowest BCUT2D eigenvalue weighted by Gasteiger charge is -2.16. The van der Waals surface area contributed by atoms with Gasteiger partial charge in [-0.05, 0) is 43.2 Å². The summed E-state index contributed by atoms with van der Waals surface area (Å²) in [5.41, 5.74) is 1.51. The molecule has 1 amide bonds. The van der Waals surface area contributed by atoms with Crippen LogP contribution in [0.3, 0.4) is 0 Å². The normalized spacial score (nSPS) is 13.4. The summed E-state index contributed by atoms with van der Waals surface area (Å²) >= 11 is 1.28. The zero-order chi connectivity index (χ0) is 21.1. The van der Waals surface area contributed by atoms with Gasteiger partial charge in [0.1, 0.15) is 0 Å². The molecular formula is C22H23N3O4S. The maximum absolute atomic E-state index is 12.8. The first-order valence-corrected chi connectivity index (χ1v) is 10.9. The van der Waals surface area contributed by atoms with Crippen molar-refractivity contribution in [3.63, 3.8) is 0 Å². The fraction of sp³-hybridized carbons (Fsp3) is 0.318. The Kier molecular flexibility index (Phi) is 5.94. The molecule has 0 saturated heterocycles. The van der Waals surface area contributed by atoms with Crippen LogP contribution in [0.5, 0.6) is 11.5 Å². The molecule has 1 aromatic heterocycles. The second kappa shape index (κ2) is 8.79. The fourth-order valence-electron chi connectivity index (χ4n) is 3.36. The Morgan fingerprint density at radius 3 is 2.87 bits per heavy atom. The van der Waals surface area contributed by atoms with E-state index >= 15 is 0 Å². The van der Waals surface area contributed by atoms with Gasteiger partial charge in [-0.3, -0.25) is 14.2 Å². The molecule has 0 fully saturated rings. The molecule has 0 spiro atoms. The minimum Gasteiger partial charge on any atom is -0.454 e. The number of carbonyl (C=O) groups is 1. The summed E-state index contributed by atoms with van der Waals surface area (Å²) in [5.74, 6) is 1.44. The molecule has 1 N–H and O–H groups in total. The molecule has 1 aliphatic rings. The van der Waals surface area contributed by atoms with Crippen molar-refractivity contribution in [1.29, 1.82) is 0 Å². The van der Waals surface area contributed by atoms with Crippen LogP contribution in [0.25, 0.3) is 10.9 Å². The highest BCUT2D eigenvalue weighted by Crippen LogP contribution is 2.34. The molecule has 0 aliphatic carbocycles. The number of aromatic nitrogens is 2. The zero-order valence-corrected chi connectivity index (χ0v) is 17.7. The van der Waals surface area contributed by atoms with Crippen LogP contribution in [0.2, 0.25) is 0 Å².